The van der Waals surface area contributed by atoms with Crippen LogP contribution in [0.4, 0.5) is 11.4 Å². The number of esters is 1. The van der Waals surface area contributed by atoms with Gasteiger partial charge in [-0.25, -0.2) is 4.79 Å². The molecule has 1 aromatic rings. The average molecular weight is 366 g/mol. The minimum absolute atomic E-state index is 0.253. The number of anilines is 2. The molecule has 0 fully saturated rings. The Morgan fingerprint density at radius 2 is 1.80 bits per heavy atom. The largest absolute Gasteiger partial charge is 0.464 e. The van der Waals surface area contributed by atoms with Crippen LogP contribution in [0.25, 0.3) is 0 Å². The highest BCUT2D eigenvalue weighted by molar-refractivity contribution is 7.80. The van der Waals surface area contributed by atoms with Crippen LogP contribution in [-0.4, -0.2) is 36.8 Å². The zero-order valence-electron chi connectivity index (χ0n) is 15.8. The van der Waals surface area contributed by atoms with Crippen molar-refractivity contribution in [2.24, 2.45) is 0 Å². The van der Waals surface area contributed by atoms with Crippen molar-refractivity contribution in [2.45, 2.75) is 53.0 Å². The normalized spacial score (nSPS) is 11.5. The number of carbonyl (C=O) groups is 1. The minimum Gasteiger partial charge on any atom is -0.464 e. The van der Waals surface area contributed by atoms with Crippen LogP contribution in [0.5, 0.6) is 0 Å². The molecule has 0 aliphatic carbocycles. The standard InChI is InChI=1S/C19H31N3O2S/c1-5-9-10-17(18(23)24-8-4)21-19(25)20-15-11-13-16(14-12-15)22(6-2)7-3/h11-14,17H,5-10H2,1-4H3,(H2,20,21,25). The topological polar surface area (TPSA) is 53.6 Å². The fourth-order valence-corrected chi connectivity index (χ4v) is 2.83. The van der Waals surface area contributed by atoms with Crippen LogP contribution in [0.3, 0.4) is 0 Å². The number of benzene rings is 1. The van der Waals surface area contributed by atoms with Crippen molar-refractivity contribution < 1.29 is 9.53 Å². The summed E-state index contributed by atoms with van der Waals surface area (Å²) in [5, 5.41) is 6.66. The second kappa shape index (κ2) is 11.7. The van der Waals surface area contributed by atoms with Crippen molar-refractivity contribution in [3.63, 3.8) is 0 Å². The Morgan fingerprint density at radius 1 is 1.16 bits per heavy atom. The van der Waals surface area contributed by atoms with Gasteiger partial charge in [-0.3, -0.25) is 0 Å². The number of rotatable bonds is 10. The molecule has 1 unspecified atom stereocenters. The second-order valence-corrected chi connectivity index (χ2v) is 6.17. The number of thiocarbonyl (C=S) groups is 1. The number of nitrogens with zero attached hydrogens (tertiary/aromatic N) is 1. The smallest absolute Gasteiger partial charge is 0.328 e. The molecule has 0 amide bonds. The summed E-state index contributed by atoms with van der Waals surface area (Å²) >= 11 is 5.36. The summed E-state index contributed by atoms with van der Waals surface area (Å²) in [7, 11) is 0. The molecule has 0 spiro atoms. The number of hydrogen-bond acceptors (Lipinski definition) is 4. The first-order valence-electron chi connectivity index (χ1n) is 9.14. The van der Waals surface area contributed by atoms with Crippen molar-refractivity contribution in [3.8, 4) is 0 Å². The molecule has 0 heterocycles. The molecule has 140 valence electrons. The van der Waals surface area contributed by atoms with E-state index in [0.29, 0.717) is 18.1 Å². The van der Waals surface area contributed by atoms with Gasteiger partial charge >= 0.3 is 5.97 Å². The molecule has 0 saturated carbocycles. The van der Waals surface area contributed by atoms with E-state index in [2.05, 4.69) is 48.4 Å². The predicted molar refractivity (Wildman–Crippen MR) is 109 cm³/mol. The molecule has 0 saturated heterocycles. The Balaban J connectivity index is 2.65. The molecular formula is C19H31N3O2S. The highest BCUT2D eigenvalue weighted by Crippen LogP contribution is 2.17. The fraction of sp³-hybridized carbons (Fsp3) is 0.579. The van der Waals surface area contributed by atoms with Gasteiger partial charge in [-0.05, 0) is 63.7 Å². The van der Waals surface area contributed by atoms with Crippen LogP contribution in [-0.2, 0) is 9.53 Å². The van der Waals surface area contributed by atoms with E-state index in [1.165, 1.54) is 5.69 Å². The van der Waals surface area contributed by atoms with Gasteiger partial charge in [0, 0.05) is 24.5 Å². The van der Waals surface area contributed by atoms with E-state index in [4.69, 9.17) is 17.0 Å². The highest BCUT2D eigenvalue weighted by Gasteiger charge is 2.20. The van der Waals surface area contributed by atoms with Crippen molar-refractivity contribution >= 4 is 34.7 Å². The van der Waals surface area contributed by atoms with E-state index in [-0.39, 0.29) is 5.97 Å². The number of nitrogens with one attached hydrogen (secondary N) is 2. The Kier molecular flexibility index (Phi) is 9.92. The Labute approximate surface area is 157 Å². The summed E-state index contributed by atoms with van der Waals surface area (Å²) in [6.45, 7) is 10.5. The molecule has 0 aliphatic rings. The van der Waals surface area contributed by atoms with E-state index in [9.17, 15) is 4.79 Å². The third-order valence-electron chi connectivity index (χ3n) is 3.98. The molecule has 2 N–H and O–H groups in total. The SMILES string of the molecule is CCCCC(NC(=S)Nc1ccc(N(CC)CC)cc1)C(=O)OCC. The fourth-order valence-electron chi connectivity index (χ4n) is 2.57. The van der Waals surface area contributed by atoms with Crippen LogP contribution in [0.1, 0.15) is 47.0 Å². The lowest BCUT2D eigenvalue weighted by Gasteiger charge is -2.22. The van der Waals surface area contributed by atoms with Crippen LogP contribution in [0, 0.1) is 0 Å². The zero-order chi connectivity index (χ0) is 18.7. The van der Waals surface area contributed by atoms with E-state index in [1.54, 1.807) is 0 Å². The number of ether oxygens (including phenoxy) is 1. The van der Waals surface area contributed by atoms with Gasteiger partial charge in [0.1, 0.15) is 6.04 Å². The van der Waals surface area contributed by atoms with E-state index >= 15 is 0 Å². The summed E-state index contributed by atoms with van der Waals surface area (Å²) in [5.41, 5.74) is 2.08. The summed E-state index contributed by atoms with van der Waals surface area (Å²) in [6.07, 6.45) is 2.67. The second-order valence-electron chi connectivity index (χ2n) is 5.76. The third kappa shape index (κ3) is 7.30. The first-order valence-corrected chi connectivity index (χ1v) is 9.55. The predicted octanol–water partition coefficient (Wildman–Crippen LogP) is 3.94. The number of unbranched alkanes of at least 4 members (excludes halogenated alkanes) is 1. The molecule has 1 aromatic carbocycles. The molecular weight excluding hydrogens is 334 g/mol. The van der Waals surface area contributed by atoms with Crippen LogP contribution in [0.2, 0.25) is 0 Å². The molecule has 0 aliphatic heterocycles. The molecule has 1 atom stereocenters. The minimum atomic E-state index is -0.408. The molecule has 6 heteroatoms. The molecule has 25 heavy (non-hydrogen) atoms. The van der Waals surface area contributed by atoms with Gasteiger partial charge in [0.05, 0.1) is 6.61 Å². The molecule has 0 bridgehead atoms. The van der Waals surface area contributed by atoms with Crippen LogP contribution in [0.15, 0.2) is 24.3 Å². The lowest BCUT2D eigenvalue weighted by Crippen LogP contribution is -2.43. The maximum Gasteiger partial charge on any atom is 0.328 e. The summed E-state index contributed by atoms with van der Waals surface area (Å²) in [4.78, 5) is 14.3. The quantitative estimate of drug-likeness (QED) is 0.484. The Morgan fingerprint density at radius 3 is 2.32 bits per heavy atom. The molecule has 0 aromatic heterocycles. The third-order valence-corrected chi connectivity index (χ3v) is 4.20. The zero-order valence-corrected chi connectivity index (χ0v) is 16.6. The summed E-state index contributed by atoms with van der Waals surface area (Å²) < 4.78 is 5.12. The number of carbonyl (C=O) groups excluding carboxylic acids is 1. The molecule has 1 rings (SSSR count). The van der Waals surface area contributed by atoms with Gasteiger partial charge < -0.3 is 20.3 Å². The van der Waals surface area contributed by atoms with Gasteiger partial charge in [0.15, 0.2) is 5.11 Å². The Hall–Kier alpha value is -1.82. The van der Waals surface area contributed by atoms with Crippen molar-refractivity contribution in [2.75, 3.05) is 29.9 Å². The number of hydrogen-bond donors (Lipinski definition) is 2. The van der Waals surface area contributed by atoms with Gasteiger partial charge in [-0.15, -0.1) is 0 Å². The molecule has 5 nitrogen and oxygen atoms in total. The monoisotopic (exact) mass is 365 g/mol. The van der Waals surface area contributed by atoms with E-state index < -0.39 is 6.04 Å². The average Bonchev–Trinajstić information content (AvgIpc) is 2.61. The highest BCUT2D eigenvalue weighted by atomic mass is 32.1. The molecule has 0 radical (unpaired) electrons. The Bertz CT molecular complexity index is 530. The van der Waals surface area contributed by atoms with Crippen molar-refractivity contribution in [1.29, 1.82) is 0 Å². The first-order chi connectivity index (χ1) is 12.0. The lowest BCUT2D eigenvalue weighted by molar-refractivity contribution is -0.145. The van der Waals surface area contributed by atoms with Gasteiger partial charge in [0.25, 0.3) is 0 Å². The lowest BCUT2D eigenvalue weighted by atomic mass is 10.1. The maximum atomic E-state index is 12.0. The van der Waals surface area contributed by atoms with Crippen molar-refractivity contribution in [3.05, 3.63) is 24.3 Å². The summed E-state index contributed by atoms with van der Waals surface area (Å²) in [6, 6.07) is 7.71. The van der Waals surface area contributed by atoms with Crippen LogP contribution >= 0.6 is 12.2 Å². The van der Waals surface area contributed by atoms with Crippen LogP contribution < -0.4 is 15.5 Å². The van der Waals surface area contributed by atoms with E-state index in [1.807, 2.05) is 19.1 Å². The summed E-state index contributed by atoms with van der Waals surface area (Å²) in [5.74, 6) is -0.253. The maximum absolute atomic E-state index is 12.0. The van der Waals surface area contributed by atoms with Gasteiger partial charge in [0.2, 0.25) is 0 Å². The van der Waals surface area contributed by atoms with E-state index in [0.717, 1.165) is 31.6 Å². The van der Waals surface area contributed by atoms with Gasteiger partial charge in [-0.2, -0.15) is 0 Å². The first kappa shape index (κ1) is 21.2. The van der Waals surface area contributed by atoms with Gasteiger partial charge in [-0.1, -0.05) is 19.8 Å². The van der Waals surface area contributed by atoms with Crippen molar-refractivity contribution in [1.82, 2.24) is 5.32 Å².